The number of nitrogens with one attached hydrogen (secondary N) is 1. The monoisotopic (exact) mass is 199 g/mol. The van der Waals surface area contributed by atoms with Gasteiger partial charge in [-0.25, -0.2) is 0 Å². The SMILES string of the molecule is COCC(C)NC1CCCC(C)C1C. The van der Waals surface area contributed by atoms with Crippen molar-refractivity contribution in [3.63, 3.8) is 0 Å². The normalized spacial score (nSPS) is 35.6. The van der Waals surface area contributed by atoms with E-state index in [-0.39, 0.29) is 0 Å². The molecule has 0 aliphatic heterocycles. The molecule has 1 aliphatic rings. The molecule has 1 N–H and O–H groups in total. The zero-order chi connectivity index (χ0) is 10.6. The molecule has 14 heavy (non-hydrogen) atoms. The van der Waals surface area contributed by atoms with Gasteiger partial charge in [0.2, 0.25) is 0 Å². The summed E-state index contributed by atoms with van der Waals surface area (Å²) in [5, 5.41) is 3.67. The zero-order valence-corrected chi connectivity index (χ0v) is 10.0. The molecule has 1 rings (SSSR count). The highest BCUT2D eigenvalue weighted by molar-refractivity contribution is 4.83. The zero-order valence-electron chi connectivity index (χ0n) is 10.0. The Labute approximate surface area is 88.4 Å². The first-order valence-corrected chi connectivity index (χ1v) is 5.90. The third-order valence-corrected chi connectivity index (χ3v) is 3.62. The summed E-state index contributed by atoms with van der Waals surface area (Å²) < 4.78 is 5.14. The summed E-state index contributed by atoms with van der Waals surface area (Å²) in [6, 6.07) is 1.18. The molecule has 0 amide bonds. The van der Waals surface area contributed by atoms with Gasteiger partial charge in [0.25, 0.3) is 0 Å². The van der Waals surface area contributed by atoms with Gasteiger partial charge in [0.15, 0.2) is 0 Å². The Morgan fingerprint density at radius 2 is 2.07 bits per heavy atom. The highest BCUT2D eigenvalue weighted by atomic mass is 16.5. The quantitative estimate of drug-likeness (QED) is 0.751. The molecule has 0 spiro atoms. The minimum atomic E-state index is 0.484. The molecule has 4 atom stereocenters. The van der Waals surface area contributed by atoms with Gasteiger partial charge in [-0.1, -0.05) is 26.7 Å². The lowest BCUT2D eigenvalue weighted by atomic mass is 9.78. The van der Waals surface area contributed by atoms with E-state index in [0.29, 0.717) is 12.1 Å². The average Bonchev–Trinajstić information content (AvgIpc) is 2.13. The van der Waals surface area contributed by atoms with Crippen molar-refractivity contribution >= 4 is 0 Å². The largest absolute Gasteiger partial charge is 0.383 e. The smallest absolute Gasteiger partial charge is 0.0613 e. The van der Waals surface area contributed by atoms with Crippen molar-refractivity contribution in [3.8, 4) is 0 Å². The van der Waals surface area contributed by atoms with Gasteiger partial charge in [0, 0.05) is 19.2 Å². The van der Waals surface area contributed by atoms with Crippen molar-refractivity contribution < 1.29 is 4.74 Å². The number of hydrogen-bond acceptors (Lipinski definition) is 2. The maximum atomic E-state index is 5.14. The van der Waals surface area contributed by atoms with Crippen LogP contribution in [0.25, 0.3) is 0 Å². The fourth-order valence-corrected chi connectivity index (χ4v) is 2.48. The molecule has 1 saturated carbocycles. The lowest BCUT2D eigenvalue weighted by molar-refractivity contribution is 0.139. The molecule has 2 nitrogen and oxygen atoms in total. The summed E-state index contributed by atoms with van der Waals surface area (Å²) in [6.07, 6.45) is 4.11. The Balaban J connectivity index is 2.35. The molecule has 2 heteroatoms. The summed E-state index contributed by atoms with van der Waals surface area (Å²) in [4.78, 5) is 0. The Kier molecular flexibility index (Phi) is 4.90. The van der Waals surface area contributed by atoms with E-state index in [4.69, 9.17) is 4.74 Å². The summed E-state index contributed by atoms with van der Waals surface area (Å²) in [5.41, 5.74) is 0. The van der Waals surface area contributed by atoms with Crippen LogP contribution in [0, 0.1) is 11.8 Å². The molecule has 0 aromatic heterocycles. The van der Waals surface area contributed by atoms with Crippen molar-refractivity contribution in [3.05, 3.63) is 0 Å². The third-order valence-electron chi connectivity index (χ3n) is 3.62. The lowest BCUT2D eigenvalue weighted by Gasteiger charge is -2.36. The summed E-state index contributed by atoms with van der Waals surface area (Å²) in [5.74, 6) is 1.68. The first kappa shape index (κ1) is 12.0. The number of rotatable bonds is 4. The van der Waals surface area contributed by atoms with Gasteiger partial charge < -0.3 is 10.1 Å². The Morgan fingerprint density at radius 3 is 2.71 bits per heavy atom. The standard InChI is InChI=1S/C12H25NO/c1-9-6-5-7-12(11(9)3)13-10(2)8-14-4/h9-13H,5-8H2,1-4H3. The molecule has 0 bridgehead atoms. The third kappa shape index (κ3) is 3.25. The Bertz CT molecular complexity index is 160. The van der Waals surface area contributed by atoms with Crippen molar-refractivity contribution in [2.45, 2.75) is 52.1 Å². The fourth-order valence-electron chi connectivity index (χ4n) is 2.48. The van der Waals surface area contributed by atoms with Crippen LogP contribution < -0.4 is 5.32 Å². The first-order valence-electron chi connectivity index (χ1n) is 5.90. The van der Waals surface area contributed by atoms with Crippen LogP contribution in [0.5, 0.6) is 0 Å². The highest BCUT2D eigenvalue weighted by Gasteiger charge is 2.27. The number of ether oxygens (including phenoxy) is 1. The second kappa shape index (κ2) is 5.72. The number of hydrogen-bond donors (Lipinski definition) is 1. The minimum Gasteiger partial charge on any atom is -0.383 e. The van der Waals surface area contributed by atoms with Gasteiger partial charge in [-0.2, -0.15) is 0 Å². The van der Waals surface area contributed by atoms with Crippen LogP contribution in [0.1, 0.15) is 40.0 Å². The molecule has 1 aliphatic carbocycles. The van der Waals surface area contributed by atoms with Gasteiger partial charge in [0.1, 0.15) is 0 Å². The molecular weight excluding hydrogens is 174 g/mol. The number of methoxy groups -OCH3 is 1. The van der Waals surface area contributed by atoms with Crippen molar-refractivity contribution in [1.82, 2.24) is 5.32 Å². The lowest BCUT2D eigenvalue weighted by Crippen LogP contribution is -2.46. The molecule has 0 saturated heterocycles. The molecule has 4 unspecified atom stereocenters. The van der Waals surface area contributed by atoms with Crippen molar-refractivity contribution in [2.24, 2.45) is 11.8 Å². The maximum absolute atomic E-state index is 5.14. The van der Waals surface area contributed by atoms with Crippen LogP contribution in [-0.4, -0.2) is 25.8 Å². The minimum absolute atomic E-state index is 0.484. The second-order valence-electron chi connectivity index (χ2n) is 4.90. The molecule has 0 aromatic rings. The van der Waals surface area contributed by atoms with Crippen LogP contribution >= 0.6 is 0 Å². The topological polar surface area (TPSA) is 21.3 Å². The van der Waals surface area contributed by atoms with Gasteiger partial charge in [-0.3, -0.25) is 0 Å². The van der Waals surface area contributed by atoms with Crippen molar-refractivity contribution in [1.29, 1.82) is 0 Å². The predicted molar refractivity (Wildman–Crippen MR) is 60.4 cm³/mol. The highest BCUT2D eigenvalue weighted by Crippen LogP contribution is 2.29. The van der Waals surface area contributed by atoms with E-state index >= 15 is 0 Å². The van der Waals surface area contributed by atoms with E-state index < -0.39 is 0 Å². The van der Waals surface area contributed by atoms with E-state index in [2.05, 4.69) is 26.1 Å². The molecule has 0 aromatic carbocycles. The summed E-state index contributed by atoms with van der Waals surface area (Å²) in [6.45, 7) is 7.77. The van der Waals surface area contributed by atoms with Crippen LogP contribution in [0.4, 0.5) is 0 Å². The predicted octanol–water partition coefficient (Wildman–Crippen LogP) is 2.44. The molecular formula is C12H25NO. The molecule has 84 valence electrons. The molecule has 0 heterocycles. The fraction of sp³-hybridized carbons (Fsp3) is 1.00. The van der Waals surface area contributed by atoms with Gasteiger partial charge >= 0.3 is 0 Å². The molecule has 0 radical (unpaired) electrons. The van der Waals surface area contributed by atoms with Crippen LogP contribution in [0.15, 0.2) is 0 Å². The Hall–Kier alpha value is -0.0800. The Morgan fingerprint density at radius 1 is 1.36 bits per heavy atom. The van der Waals surface area contributed by atoms with Gasteiger partial charge in [0.05, 0.1) is 6.61 Å². The van der Waals surface area contributed by atoms with Gasteiger partial charge in [-0.05, 0) is 25.2 Å². The first-order chi connectivity index (χ1) is 6.65. The summed E-state index contributed by atoms with van der Waals surface area (Å²) >= 11 is 0. The average molecular weight is 199 g/mol. The van der Waals surface area contributed by atoms with E-state index in [1.54, 1.807) is 7.11 Å². The van der Waals surface area contributed by atoms with E-state index in [1.807, 2.05) is 0 Å². The van der Waals surface area contributed by atoms with E-state index in [1.165, 1.54) is 19.3 Å². The van der Waals surface area contributed by atoms with Gasteiger partial charge in [-0.15, -0.1) is 0 Å². The van der Waals surface area contributed by atoms with Crippen LogP contribution in [0.2, 0.25) is 0 Å². The van der Waals surface area contributed by atoms with E-state index in [9.17, 15) is 0 Å². The van der Waals surface area contributed by atoms with Crippen LogP contribution in [0.3, 0.4) is 0 Å². The van der Waals surface area contributed by atoms with E-state index in [0.717, 1.165) is 18.4 Å². The second-order valence-corrected chi connectivity index (χ2v) is 4.90. The van der Waals surface area contributed by atoms with Crippen LogP contribution in [-0.2, 0) is 4.74 Å². The maximum Gasteiger partial charge on any atom is 0.0613 e. The molecule has 1 fully saturated rings. The van der Waals surface area contributed by atoms with Crippen molar-refractivity contribution in [2.75, 3.05) is 13.7 Å². The summed E-state index contributed by atoms with van der Waals surface area (Å²) in [7, 11) is 1.77.